The average Bonchev–Trinajstić information content (AvgIpc) is 2.83. The number of hydrogen-bond donors (Lipinski definition) is 2. The summed E-state index contributed by atoms with van der Waals surface area (Å²) in [4.78, 5) is 22.6. The highest BCUT2D eigenvalue weighted by molar-refractivity contribution is 14.0. The van der Waals surface area contributed by atoms with Gasteiger partial charge in [0.1, 0.15) is 0 Å². The molecule has 1 amide bonds. The van der Waals surface area contributed by atoms with Gasteiger partial charge < -0.3 is 25.0 Å². The number of carbonyl (C=O) groups excluding carboxylic acids is 1. The highest BCUT2D eigenvalue weighted by atomic mass is 127. The molecule has 0 aliphatic heterocycles. The van der Waals surface area contributed by atoms with E-state index in [0.29, 0.717) is 19.1 Å². The number of amides is 1. The Kier molecular flexibility index (Phi) is 13.9. The summed E-state index contributed by atoms with van der Waals surface area (Å²) in [7, 11) is 5.14. The first-order valence-corrected chi connectivity index (χ1v) is 11.0. The van der Waals surface area contributed by atoms with Crippen LogP contribution in [0.5, 0.6) is 11.5 Å². The lowest BCUT2D eigenvalue weighted by Gasteiger charge is -2.18. The van der Waals surface area contributed by atoms with E-state index in [1.165, 1.54) is 5.56 Å². The Bertz CT molecular complexity index is 864. The van der Waals surface area contributed by atoms with E-state index < -0.39 is 0 Å². The Labute approximate surface area is 214 Å². The van der Waals surface area contributed by atoms with E-state index in [0.717, 1.165) is 43.0 Å². The van der Waals surface area contributed by atoms with Crippen LogP contribution in [0.4, 0.5) is 0 Å². The minimum absolute atomic E-state index is 0. The zero-order valence-electron chi connectivity index (χ0n) is 20.0. The van der Waals surface area contributed by atoms with Crippen molar-refractivity contribution in [3.8, 4) is 11.5 Å². The van der Waals surface area contributed by atoms with Crippen molar-refractivity contribution in [3.63, 3.8) is 0 Å². The molecule has 0 saturated heterocycles. The summed E-state index contributed by atoms with van der Waals surface area (Å²) in [5.74, 6) is 2.13. The van der Waals surface area contributed by atoms with Gasteiger partial charge in [0.05, 0.1) is 20.3 Å². The van der Waals surface area contributed by atoms with E-state index in [-0.39, 0.29) is 36.4 Å². The van der Waals surface area contributed by atoms with Crippen LogP contribution >= 0.6 is 24.0 Å². The maximum Gasteiger partial charge on any atom is 0.241 e. The molecule has 0 aliphatic carbocycles. The third-order valence-electron chi connectivity index (χ3n) is 4.95. The summed E-state index contributed by atoms with van der Waals surface area (Å²) in [6.45, 7) is 4.10. The number of nitrogens with zero attached hydrogens (tertiary/aromatic N) is 3. The summed E-state index contributed by atoms with van der Waals surface area (Å²) in [6, 6.07) is 11.8. The number of benzene rings is 1. The molecule has 0 fully saturated rings. The van der Waals surface area contributed by atoms with Gasteiger partial charge in [-0.2, -0.15) is 0 Å². The number of rotatable bonds is 12. The molecule has 0 spiro atoms. The van der Waals surface area contributed by atoms with Gasteiger partial charge in [0.15, 0.2) is 17.5 Å². The molecule has 1 aromatic heterocycles. The number of guanidine groups is 1. The second-order valence-electron chi connectivity index (χ2n) is 7.26. The first-order valence-electron chi connectivity index (χ1n) is 11.0. The summed E-state index contributed by atoms with van der Waals surface area (Å²) in [5.41, 5.74) is 2.16. The summed E-state index contributed by atoms with van der Waals surface area (Å²) < 4.78 is 11.0. The molecular weight excluding hydrogens is 533 g/mol. The molecule has 8 nitrogen and oxygen atoms in total. The second-order valence-corrected chi connectivity index (χ2v) is 7.26. The van der Waals surface area contributed by atoms with Gasteiger partial charge in [-0.05, 0) is 49.6 Å². The smallest absolute Gasteiger partial charge is 0.241 e. The summed E-state index contributed by atoms with van der Waals surface area (Å²) >= 11 is 0. The molecule has 2 rings (SSSR count). The SMILES string of the molecule is CCOc1cc(CCCNC(=NC)NCC(=O)N(C)CCc2ccccn2)ccc1OC.I. The van der Waals surface area contributed by atoms with E-state index in [9.17, 15) is 4.79 Å². The first kappa shape index (κ1) is 28.5. The molecule has 0 saturated carbocycles. The quantitative estimate of drug-likeness (QED) is 0.177. The van der Waals surface area contributed by atoms with Crippen molar-refractivity contribution in [2.45, 2.75) is 26.2 Å². The number of methoxy groups -OCH3 is 1. The zero-order chi connectivity index (χ0) is 23.2. The maximum absolute atomic E-state index is 12.4. The Balaban J connectivity index is 0.00000544. The molecule has 2 aromatic rings. The van der Waals surface area contributed by atoms with Crippen molar-refractivity contribution in [2.75, 3.05) is 47.4 Å². The molecular formula is C24H36IN5O3. The van der Waals surface area contributed by atoms with Crippen LogP contribution in [0.15, 0.2) is 47.6 Å². The molecule has 2 N–H and O–H groups in total. The standard InChI is InChI=1S/C24H35N5O3.HI/c1-5-32-22-17-19(11-12-21(22)31-4)9-8-15-27-24(25-2)28-18-23(30)29(3)16-13-20-10-6-7-14-26-20;/h6-7,10-12,14,17H,5,8-9,13,15-16,18H2,1-4H3,(H2,25,27,28);1H. The van der Waals surface area contributed by atoms with Crippen LogP contribution in [0.25, 0.3) is 0 Å². The monoisotopic (exact) mass is 569 g/mol. The second kappa shape index (κ2) is 16.1. The van der Waals surface area contributed by atoms with E-state index in [1.807, 2.05) is 43.3 Å². The number of carbonyl (C=O) groups is 1. The number of pyridine rings is 1. The van der Waals surface area contributed by atoms with Gasteiger partial charge >= 0.3 is 0 Å². The molecule has 0 unspecified atom stereocenters. The largest absolute Gasteiger partial charge is 0.493 e. The molecule has 9 heteroatoms. The molecule has 0 aliphatic rings. The topological polar surface area (TPSA) is 88.1 Å². The average molecular weight is 569 g/mol. The van der Waals surface area contributed by atoms with Gasteiger partial charge in [-0.3, -0.25) is 14.8 Å². The number of hydrogen-bond acceptors (Lipinski definition) is 5. The molecule has 1 heterocycles. The summed E-state index contributed by atoms with van der Waals surface area (Å²) in [6.07, 6.45) is 4.30. The van der Waals surface area contributed by atoms with Crippen LogP contribution in [-0.4, -0.2) is 69.2 Å². The van der Waals surface area contributed by atoms with Crippen LogP contribution in [-0.2, 0) is 17.6 Å². The molecule has 182 valence electrons. The number of ether oxygens (including phenoxy) is 2. The van der Waals surface area contributed by atoms with E-state index in [4.69, 9.17) is 9.47 Å². The zero-order valence-corrected chi connectivity index (χ0v) is 22.3. The van der Waals surface area contributed by atoms with Crippen LogP contribution in [0.1, 0.15) is 24.6 Å². The van der Waals surface area contributed by atoms with Gasteiger partial charge in [0.25, 0.3) is 0 Å². The Morgan fingerprint density at radius 1 is 1.15 bits per heavy atom. The lowest BCUT2D eigenvalue weighted by molar-refractivity contribution is -0.128. The van der Waals surface area contributed by atoms with E-state index in [2.05, 4.69) is 20.6 Å². The fourth-order valence-corrected chi connectivity index (χ4v) is 3.11. The Hall–Kier alpha value is -2.56. The van der Waals surface area contributed by atoms with Crippen LogP contribution < -0.4 is 20.1 Å². The van der Waals surface area contributed by atoms with Gasteiger partial charge in [-0.1, -0.05) is 12.1 Å². The fraction of sp³-hybridized carbons (Fsp3) is 0.458. The highest BCUT2D eigenvalue weighted by Gasteiger charge is 2.10. The van der Waals surface area contributed by atoms with Crippen LogP contribution in [0.2, 0.25) is 0 Å². The molecule has 0 atom stereocenters. The van der Waals surface area contributed by atoms with Gasteiger partial charge in [-0.25, -0.2) is 0 Å². The van der Waals surface area contributed by atoms with E-state index in [1.54, 1.807) is 32.3 Å². The lowest BCUT2D eigenvalue weighted by atomic mass is 10.1. The number of nitrogens with one attached hydrogen (secondary N) is 2. The summed E-state index contributed by atoms with van der Waals surface area (Å²) in [5, 5.41) is 6.34. The minimum Gasteiger partial charge on any atom is -0.493 e. The van der Waals surface area contributed by atoms with Crippen molar-refractivity contribution in [3.05, 3.63) is 53.9 Å². The number of halogens is 1. The van der Waals surface area contributed by atoms with Gasteiger partial charge in [0, 0.05) is 45.5 Å². The van der Waals surface area contributed by atoms with Gasteiger partial charge in [-0.15, -0.1) is 24.0 Å². The van der Waals surface area contributed by atoms with Gasteiger partial charge in [0.2, 0.25) is 5.91 Å². The third kappa shape index (κ3) is 10.3. The third-order valence-corrected chi connectivity index (χ3v) is 4.95. The van der Waals surface area contributed by atoms with E-state index >= 15 is 0 Å². The normalized spacial score (nSPS) is 10.7. The predicted octanol–water partition coefficient (Wildman–Crippen LogP) is 2.91. The van der Waals surface area contributed by atoms with Crippen molar-refractivity contribution in [1.82, 2.24) is 20.5 Å². The minimum atomic E-state index is 0. The molecule has 0 bridgehead atoms. The van der Waals surface area contributed by atoms with Crippen molar-refractivity contribution in [2.24, 2.45) is 4.99 Å². The Morgan fingerprint density at radius 2 is 1.97 bits per heavy atom. The molecule has 0 radical (unpaired) electrons. The Morgan fingerprint density at radius 3 is 2.64 bits per heavy atom. The van der Waals surface area contributed by atoms with Crippen molar-refractivity contribution < 1.29 is 14.3 Å². The number of aliphatic imine (C=N–C) groups is 1. The number of likely N-dealkylation sites (N-methyl/N-ethyl adjacent to an activating group) is 1. The molecule has 33 heavy (non-hydrogen) atoms. The van der Waals surface area contributed by atoms with Crippen LogP contribution in [0, 0.1) is 0 Å². The van der Waals surface area contributed by atoms with Crippen molar-refractivity contribution >= 4 is 35.8 Å². The highest BCUT2D eigenvalue weighted by Crippen LogP contribution is 2.28. The maximum atomic E-state index is 12.4. The number of aromatic nitrogens is 1. The van der Waals surface area contributed by atoms with Crippen LogP contribution in [0.3, 0.4) is 0 Å². The fourth-order valence-electron chi connectivity index (χ4n) is 3.11. The van der Waals surface area contributed by atoms with Crippen molar-refractivity contribution in [1.29, 1.82) is 0 Å². The first-order chi connectivity index (χ1) is 15.6. The molecule has 1 aromatic carbocycles. The number of aryl methyl sites for hydroxylation is 1. The predicted molar refractivity (Wildman–Crippen MR) is 143 cm³/mol. The lowest BCUT2D eigenvalue weighted by Crippen LogP contribution is -2.44.